The molecule has 0 fully saturated rings. The van der Waals surface area contributed by atoms with E-state index in [1.54, 1.807) is 30.7 Å². The summed E-state index contributed by atoms with van der Waals surface area (Å²) in [5.74, 6) is 0.594. The Bertz CT molecular complexity index is 1300. The highest BCUT2D eigenvalue weighted by Crippen LogP contribution is 2.30. The van der Waals surface area contributed by atoms with E-state index in [2.05, 4.69) is 21.0 Å². The summed E-state index contributed by atoms with van der Waals surface area (Å²) in [7, 11) is 0. The Balaban J connectivity index is 1.86. The van der Waals surface area contributed by atoms with Crippen LogP contribution in [0, 0.1) is 0 Å². The summed E-state index contributed by atoms with van der Waals surface area (Å²) in [6.07, 6.45) is 6.77. The molecule has 0 radical (unpaired) electrons. The number of anilines is 2. The topological polar surface area (TPSA) is 139 Å². The summed E-state index contributed by atoms with van der Waals surface area (Å²) >= 11 is 0. The normalized spacial score (nSPS) is 18.2. The first-order chi connectivity index (χ1) is 15.1. The fourth-order valence-corrected chi connectivity index (χ4v) is 3.73. The van der Waals surface area contributed by atoms with Crippen LogP contribution in [0.2, 0.25) is 0 Å². The second-order valence-electron chi connectivity index (χ2n) is 8.99. The Morgan fingerprint density at radius 1 is 1.31 bits per heavy atom. The Morgan fingerprint density at radius 3 is 2.69 bits per heavy atom. The lowest BCUT2D eigenvalue weighted by atomic mass is 9.95. The van der Waals surface area contributed by atoms with Gasteiger partial charge in [0.15, 0.2) is 0 Å². The van der Waals surface area contributed by atoms with Crippen molar-refractivity contribution in [1.29, 1.82) is 0 Å². The van der Waals surface area contributed by atoms with Gasteiger partial charge in [-0.25, -0.2) is 15.0 Å². The first-order valence-electron chi connectivity index (χ1n) is 10.3. The number of aliphatic hydroxyl groups excluding tert-OH is 1. The van der Waals surface area contributed by atoms with Crippen LogP contribution in [-0.4, -0.2) is 47.5 Å². The molecular weight excluding hydrogens is 408 g/mol. The molecule has 0 bridgehead atoms. The largest absolute Gasteiger partial charge is 0.391 e. The molecule has 0 spiro atoms. The number of nitrogens with one attached hydrogen (secondary N) is 1. The summed E-state index contributed by atoms with van der Waals surface area (Å²) in [6.45, 7) is 5.62. The van der Waals surface area contributed by atoms with Gasteiger partial charge in [-0.1, -0.05) is 0 Å². The van der Waals surface area contributed by atoms with Gasteiger partial charge in [-0.3, -0.25) is 4.79 Å². The fraction of sp³-hybridized carbons (Fsp3) is 0.348. The highest BCUT2D eigenvalue weighted by Gasteiger charge is 2.34. The Hall–Kier alpha value is -3.52. The molecule has 0 aromatic carbocycles. The first-order valence-corrected chi connectivity index (χ1v) is 10.3. The van der Waals surface area contributed by atoms with Gasteiger partial charge in [0, 0.05) is 41.7 Å². The number of hydrogen-bond donors (Lipinski definition) is 4. The van der Waals surface area contributed by atoms with Gasteiger partial charge in [0.05, 0.1) is 24.2 Å². The quantitative estimate of drug-likeness (QED) is 0.446. The van der Waals surface area contributed by atoms with Crippen molar-refractivity contribution in [3.8, 4) is 11.3 Å². The third-order valence-corrected chi connectivity index (χ3v) is 5.29. The van der Waals surface area contributed by atoms with Crippen LogP contribution in [0.1, 0.15) is 27.2 Å². The Labute approximate surface area is 185 Å². The minimum absolute atomic E-state index is 0.00365. The lowest BCUT2D eigenvalue weighted by Crippen LogP contribution is -2.39. The van der Waals surface area contributed by atoms with Crippen LogP contribution < -0.4 is 16.6 Å². The van der Waals surface area contributed by atoms with Crippen LogP contribution in [0.15, 0.2) is 52.9 Å². The SMILES string of the molecule is CC(C)(C)Nc1nc(-c2cnc(N)nc2)cc2ccn(CC3(O)CC=C=C3CO)c(=O)c12. The third-order valence-electron chi connectivity index (χ3n) is 5.29. The number of nitrogen functional groups attached to an aromatic ring is 1. The number of aromatic nitrogens is 4. The molecule has 3 aromatic rings. The maximum Gasteiger partial charge on any atom is 0.262 e. The molecule has 5 N–H and O–H groups in total. The smallest absolute Gasteiger partial charge is 0.262 e. The molecule has 0 amide bonds. The van der Waals surface area contributed by atoms with Crippen LogP contribution >= 0.6 is 0 Å². The van der Waals surface area contributed by atoms with Crippen LogP contribution in [0.4, 0.5) is 11.8 Å². The van der Waals surface area contributed by atoms with Gasteiger partial charge in [0.25, 0.3) is 5.56 Å². The van der Waals surface area contributed by atoms with Gasteiger partial charge in [-0.15, -0.1) is 5.73 Å². The average Bonchev–Trinajstić information content (AvgIpc) is 3.09. The van der Waals surface area contributed by atoms with Gasteiger partial charge in [-0.05, 0) is 44.4 Å². The molecule has 9 heteroatoms. The van der Waals surface area contributed by atoms with Crippen LogP contribution in [0.5, 0.6) is 0 Å². The standard InChI is InChI=1S/C23H26N6O3/c1-22(2,3)28-19-18-14(9-17(27-19)15-10-25-21(24)26-11-15)6-8-29(20(18)31)13-23(32)7-4-5-16(23)12-30/h4,6,8-11,30,32H,7,12-13H2,1-3H3,(H,27,28)(H2,24,25,26). The van der Waals surface area contributed by atoms with Crippen LogP contribution in [0.3, 0.4) is 0 Å². The predicted molar refractivity (Wildman–Crippen MR) is 123 cm³/mol. The number of fused-ring (bicyclic) bond motifs is 1. The summed E-state index contributed by atoms with van der Waals surface area (Å²) < 4.78 is 1.44. The van der Waals surface area contributed by atoms with Crippen molar-refractivity contribution in [2.45, 2.75) is 44.9 Å². The highest BCUT2D eigenvalue weighted by atomic mass is 16.3. The van der Waals surface area contributed by atoms with Crippen molar-refractivity contribution in [2.24, 2.45) is 0 Å². The molecule has 32 heavy (non-hydrogen) atoms. The zero-order valence-corrected chi connectivity index (χ0v) is 18.3. The predicted octanol–water partition coefficient (Wildman–Crippen LogP) is 1.85. The monoisotopic (exact) mass is 434 g/mol. The minimum Gasteiger partial charge on any atom is -0.391 e. The number of nitrogens with two attached hydrogens (primary N) is 1. The van der Waals surface area contributed by atoms with E-state index in [0.29, 0.717) is 33.4 Å². The zero-order chi connectivity index (χ0) is 23.1. The van der Waals surface area contributed by atoms with Gasteiger partial charge in [0.1, 0.15) is 11.4 Å². The molecule has 3 heterocycles. The molecule has 1 aliphatic rings. The molecule has 0 saturated heterocycles. The van der Waals surface area contributed by atoms with Crippen LogP contribution in [0.25, 0.3) is 22.0 Å². The molecule has 1 atom stereocenters. The maximum atomic E-state index is 13.5. The number of hydrogen-bond acceptors (Lipinski definition) is 8. The van der Waals surface area contributed by atoms with Gasteiger partial charge < -0.3 is 25.8 Å². The summed E-state index contributed by atoms with van der Waals surface area (Å²) in [5.41, 5.74) is 8.12. The van der Waals surface area contributed by atoms with E-state index < -0.39 is 5.60 Å². The molecule has 4 rings (SSSR count). The van der Waals surface area contributed by atoms with Gasteiger partial charge in [-0.2, -0.15) is 0 Å². The van der Waals surface area contributed by atoms with Crippen LogP contribution in [-0.2, 0) is 6.54 Å². The minimum atomic E-state index is -1.35. The van der Waals surface area contributed by atoms with Gasteiger partial charge in [0.2, 0.25) is 5.95 Å². The van der Waals surface area contributed by atoms with Crippen molar-refractivity contribution in [1.82, 2.24) is 19.5 Å². The molecule has 0 saturated carbocycles. The molecule has 1 aliphatic carbocycles. The lowest BCUT2D eigenvalue weighted by Gasteiger charge is -2.27. The number of nitrogens with zero attached hydrogens (tertiary/aromatic N) is 4. The summed E-state index contributed by atoms with van der Waals surface area (Å²) in [6, 6.07) is 3.61. The van der Waals surface area contributed by atoms with E-state index in [9.17, 15) is 15.0 Å². The van der Waals surface area contributed by atoms with Crippen molar-refractivity contribution in [3.05, 3.63) is 58.5 Å². The number of aliphatic hydroxyl groups is 2. The molecular formula is C23H26N6O3. The number of rotatable bonds is 5. The van der Waals surface area contributed by atoms with Crippen molar-refractivity contribution >= 4 is 22.5 Å². The number of pyridine rings is 2. The van der Waals surface area contributed by atoms with E-state index in [1.165, 1.54) is 4.57 Å². The molecule has 166 valence electrons. The van der Waals surface area contributed by atoms with E-state index in [0.717, 1.165) is 0 Å². The van der Waals surface area contributed by atoms with Crippen molar-refractivity contribution in [3.63, 3.8) is 0 Å². The molecule has 9 nitrogen and oxygen atoms in total. The van der Waals surface area contributed by atoms with Gasteiger partial charge >= 0.3 is 0 Å². The Morgan fingerprint density at radius 2 is 2.03 bits per heavy atom. The second-order valence-corrected chi connectivity index (χ2v) is 8.99. The van der Waals surface area contributed by atoms with Crippen molar-refractivity contribution in [2.75, 3.05) is 17.7 Å². The Kier molecular flexibility index (Phi) is 5.34. The first kappa shape index (κ1) is 21.7. The summed E-state index contributed by atoms with van der Waals surface area (Å²) in [5, 5.41) is 24.9. The highest BCUT2D eigenvalue weighted by molar-refractivity contribution is 5.94. The van der Waals surface area contributed by atoms with E-state index in [4.69, 9.17) is 10.7 Å². The third kappa shape index (κ3) is 4.13. The fourth-order valence-electron chi connectivity index (χ4n) is 3.73. The molecule has 1 unspecified atom stereocenters. The van der Waals surface area contributed by atoms with E-state index in [1.807, 2.05) is 26.8 Å². The zero-order valence-electron chi connectivity index (χ0n) is 18.3. The maximum absolute atomic E-state index is 13.5. The molecule has 3 aromatic heterocycles. The van der Waals surface area contributed by atoms with E-state index >= 15 is 0 Å². The average molecular weight is 435 g/mol. The van der Waals surface area contributed by atoms with Crippen molar-refractivity contribution < 1.29 is 10.2 Å². The van der Waals surface area contributed by atoms with E-state index in [-0.39, 0.29) is 36.6 Å². The second kappa shape index (κ2) is 7.87. The lowest BCUT2D eigenvalue weighted by molar-refractivity contribution is 0.0550. The summed E-state index contributed by atoms with van der Waals surface area (Å²) in [4.78, 5) is 26.2. The molecule has 0 aliphatic heterocycles.